The molecule has 7 heteroatoms. The van der Waals surface area contributed by atoms with Gasteiger partial charge in [-0.15, -0.1) is 0 Å². The molecule has 1 fully saturated rings. The molecule has 0 saturated carbocycles. The molecular formula is C18H28N4O3. The number of anilines is 1. The van der Waals surface area contributed by atoms with E-state index in [4.69, 9.17) is 4.74 Å². The van der Waals surface area contributed by atoms with Crippen LogP contribution in [0.15, 0.2) is 12.3 Å². The summed E-state index contributed by atoms with van der Waals surface area (Å²) in [6.45, 7) is 5.96. The van der Waals surface area contributed by atoms with E-state index in [1.165, 1.54) is 0 Å². The van der Waals surface area contributed by atoms with E-state index in [9.17, 15) is 10.2 Å². The summed E-state index contributed by atoms with van der Waals surface area (Å²) in [6, 6.07) is 1.90. The summed E-state index contributed by atoms with van der Waals surface area (Å²) in [7, 11) is 1.67. The molecule has 25 heavy (non-hydrogen) atoms. The van der Waals surface area contributed by atoms with Crippen molar-refractivity contribution in [2.45, 2.75) is 39.2 Å². The van der Waals surface area contributed by atoms with Gasteiger partial charge in [-0.3, -0.25) is 0 Å². The average Bonchev–Trinajstić information content (AvgIpc) is 3.06. The minimum atomic E-state index is -0.542. The third kappa shape index (κ3) is 3.23. The molecule has 3 heterocycles. The predicted octanol–water partition coefficient (Wildman–Crippen LogP) is 1.32. The second-order valence-corrected chi connectivity index (χ2v) is 7.09. The van der Waals surface area contributed by atoms with E-state index in [0.29, 0.717) is 19.6 Å². The third-order valence-corrected chi connectivity index (χ3v) is 5.51. The van der Waals surface area contributed by atoms with E-state index in [-0.39, 0.29) is 6.61 Å². The van der Waals surface area contributed by atoms with Crippen LogP contribution in [0.25, 0.3) is 5.65 Å². The molecule has 138 valence electrons. The zero-order chi connectivity index (χ0) is 18.0. The normalized spacial score (nSPS) is 24.2. The molecule has 1 aliphatic rings. The van der Waals surface area contributed by atoms with Crippen LogP contribution in [0.4, 0.5) is 5.82 Å². The van der Waals surface area contributed by atoms with Gasteiger partial charge in [0.1, 0.15) is 5.82 Å². The van der Waals surface area contributed by atoms with E-state index in [1.54, 1.807) is 13.3 Å². The lowest BCUT2D eigenvalue weighted by Crippen LogP contribution is -2.54. The summed E-state index contributed by atoms with van der Waals surface area (Å²) in [5.74, 6) is 1.00. The maximum Gasteiger partial charge on any atom is 0.157 e. The minimum Gasteiger partial charge on any atom is -0.396 e. The van der Waals surface area contributed by atoms with Gasteiger partial charge < -0.3 is 19.8 Å². The Bertz CT molecular complexity index is 732. The Labute approximate surface area is 148 Å². The highest BCUT2D eigenvalue weighted by Gasteiger charge is 2.42. The number of hydrogen-bond acceptors (Lipinski definition) is 6. The van der Waals surface area contributed by atoms with E-state index in [2.05, 4.69) is 21.9 Å². The number of rotatable bonds is 6. The van der Waals surface area contributed by atoms with Crippen molar-refractivity contribution in [1.29, 1.82) is 0 Å². The van der Waals surface area contributed by atoms with Gasteiger partial charge in [-0.05, 0) is 33.1 Å². The van der Waals surface area contributed by atoms with Gasteiger partial charge in [-0.1, -0.05) is 0 Å². The van der Waals surface area contributed by atoms with Gasteiger partial charge in [-0.25, -0.2) is 4.98 Å². The zero-order valence-corrected chi connectivity index (χ0v) is 15.3. The molecule has 2 N–H and O–H groups in total. The highest BCUT2D eigenvalue weighted by molar-refractivity contribution is 5.56. The first-order valence-corrected chi connectivity index (χ1v) is 8.86. The molecule has 0 unspecified atom stereocenters. The first-order chi connectivity index (χ1) is 12.0. The summed E-state index contributed by atoms with van der Waals surface area (Å²) in [5, 5.41) is 25.2. The quantitative estimate of drug-likeness (QED) is 0.766. The zero-order valence-electron chi connectivity index (χ0n) is 15.3. The highest BCUT2D eigenvalue weighted by Crippen LogP contribution is 2.37. The molecule has 0 bridgehead atoms. The number of fused-ring (bicyclic) bond motifs is 1. The highest BCUT2D eigenvalue weighted by atomic mass is 16.5. The Kier molecular flexibility index (Phi) is 5.27. The molecule has 2 aromatic heterocycles. The Balaban J connectivity index is 1.96. The smallest absolute Gasteiger partial charge is 0.157 e. The number of methoxy groups -OCH3 is 1. The number of hydrogen-bond donors (Lipinski definition) is 2. The number of aryl methyl sites for hydroxylation is 1. The fourth-order valence-electron chi connectivity index (χ4n) is 3.87. The van der Waals surface area contributed by atoms with E-state index < -0.39 is 11.5 Å². The van der Waals surface area contributed by atoms with Gasteiger partial charge in [0.05, 0.1) is 18.9 Å². The van der Waals surface area contributed by atoms with Crippen LogP contribution in [0.1, 0.15) is 30.5 Å². The van der Waals surface area contributed by atoms with Crippen molar-refractivity contribution in [1.82, 2.24) is 14.6 Å². The van der Waals surface area contributed by atoms with Crippen molar-refractivity contribution in [2.75, 3.05) is 38.3 Å². The van der Waals surface area contributed by atoms with Gasteiger partial charge in [0.25, 0.3) is 0 Å². The second-order valence-electron chi connectivity index (χ2n) is 7.09. The van der Waals surface area contributed by atoms with Crippen LogP contribution in [0.2, 0.25) is 0 Å². The molecule has 1 saturated heterocycles. The largest absolute Gasteiger partial charge is 0.396 e. The topological polar surface area (TPSA) is 83.1 Å². The molecule has 3 rings (SSSR count). The van der Waals surface area contributed by atoms with Crippen LogP contribution in [0.3, 0.4) is 0 Å². The van der Waals surface area contributed by atoms with Crippen LogP contribution in [-0.4, -0.2) is 64.3 Å². The van der Waals surface area contributed by atoms with Gasteiger partial charge in [0.2, 0.25) is 0 Å². The minimum absolute atomic E-state index is 0.0419. The summed E-state index contributed by atoms with van der Waals surface area (Å²) in [5.41, 5.74) is 2.33. The van der Waals surface area contributed by atoms with Crippen molar-refractivity contribution in [3.63, 3.8) is 0 Å². The van der Waals surface area contributed by atoms with E-state index >= 15 is 0 Å². The second kappa shape index (κ2) is 7.27. The van der Waals surface area contributed by atoms with Crippen LogP contribution in [0.5, 0.6) is 0 Å². The van der Waals surface area contributed by atoms with E-state index in [0.717, 1.165) is 42.1 Å². The lowest BCUT2D eigenvalue weighted by Gasteiger charge is -2.46. The van der Waals surface area contributed by atoms with Gasteiger partial charge in [0.15, 0.2) is 5.65 Å². The molecule has 7 nitrogen and oxygen atoms in total. The number of nitrogens with zero attached hydrogens (tertiary/aromatic N) is 4. The van der Waals surface area contributed by atoms with Crippen molar-refractivity contribution in [3.8, 4) is 0 Å². The van der Waals surface area contributed by atoms with Crippen molar-refractivity contribution >= 4 is 11.5 Å². The molecule has 0 radical (unpaired) electrons. The number of ether oxygens (including phenoxy) is 1. The van der Waals surface area contributed by atoms with Crippen molar-refractivity contribution in [2.24, 2.45) is 5.41 Å². The molecule has 2 atom stereocenters. The maximum absolute atomic E-state index is 10.6. The fraction of sp³-hybridized carbons (Fsp3) is 0.667. The van der Waals surface area contributed by atoms with Crippen LogP contribution in [-0.2, 0) is 4.74 Å². The lowest BCUT2D eigenvalue weighted by atomic mass is 9.74. The summed E-state index contributed by atoms with van der Waals surface area (Å²) in [4.78, 5) is 6.82. The number of piperidine rings is 1. The first kappa shape index (κ1) is 18.1. The van der Waals surface area contributed by atoms with Crippen molar-refractivity contribution in [3.05, 3.63) is 23.5 Å². The average molecular weight is 348 g/mol. The van der Waals surface area contributed by atoms with Crippen molar-refractivity contribution < 1.29 is 14.9 Å². The number of aliphatic hydroxyl groups excluding tert-OH is 2. The lowest BCUT2D eigenvalue weighted by molar-refractivity contribution is -0.0389. The summed E-state index contributed by atoms with van der Waals surface area (Å²) < 4.78 is 7.01. The molecule has 1 aliphatic heterocycles. The molecule has 0 aromatic carbocycles. The van der Waals surface area contributed by atoms with Gasteiger partial charge >= 0.3 is 0 Å². The van der Waals surface area contributed by atoms with E-state index in [1.807, 2.05) is 17.5 Å². The number of aromatic nitrogens is 3. The monoisotopic (exact) mass is 348 g/mol. The molecule has 0 spiro atoms. The van der Waals surface area contributed by atoms with Gasteiger partial charge in [-0.2, -0.15) is 9.61 Å². The Morgan fingerprint density at radius 3 is 2.92 bits per heavy atom. The molecule has 0 amide bonds. The molecule has 2 aromatic rings. The summed E-state index contributed by atoms with van der Waals surface area (Å²) >= 11 is 0. The SMILES string of the molecule is COCCC[C@@]1(CO)CN(c2c(C)c(C)nc3ccnn23)CC[C@H]1O. The van der Waals surface area contributed by atoms with Crippen LogP contribution >= 0.6 is 0 Å². The van der Waals surface area contributed by atoms with Gasteiger partial charge in [0, 0.05) is 49.5 Å². The number of aliphatic hydroxyl groups is 2. The Hall–Kier alpha value is -1.70. The third-order valence-electron chi connectivity index (χ3n) is 5.51. The Morgan fingerprint density at radius 1 is 1.40 bits per heavy atom. The Morgan fingerprint density at radius 2 is 2.20 bits per heavy atom. The maximum atomic E-state index is 10.6. The van der Waals surface area contributed by atoms with Crippen LogP contribution < -0.4 is 4.90 Å². The molecule has 0 aliphatic carbocycles. The first-order valence-electron chi connectivity index (χ1n) is 8.86. The predicted molar refractivity (Wildman–Crippen MR) is 95.9 cm³/mol. The fourth-order valence-corrected chi connectivity index (χ4v) is 3.87. The molecular weight excluding hydrogens is 320 g/mol. The summed E-state index contributed by atoms with van der Waals surface area (Å²) in [6.07, 6.45) is 3.40. The van der Waals surface area contributed by atoms with Crippen LogP contribution in [0, 0.1) is 19.3 Å². The standard InChI is InChI=1S/C18H28N4O3/c1-13-14(2)20-16-5-8-19-22(16)17(13)21-9-6-15(24)18(11-21,12-23)7-4-10-25-3/h5,8,15,23-24H,4,6-7,9-12H2,1-3H3/t15-,18+/m1/s1.